The Morgan fingerprint density at radius 1 is 1.50 bits per heavy atom. The summed E-state index contributed by atoms with van der Waals surface area (Å²) in [6, 6.07) is 6.24. The first kappa shape index (κ1) is 16.1. The van der Waals surface area contributed by atoms with E-state index in [1.807, 2.05) is 6.07 Å². The topological polar surface area (TPSA) is 107 Å². The third-order valence-corrected chi connectivity index (χ3v) is 4.32. The van der Waals surface area contributed by atoms with Crippen LogP contribution in [0.1, 0.15) is 24.5 Å². The van der Waals surface area contributed by atoms with Crippen LogP contribution in [0.3, 0.4) is 0 Å². The lowest BCUT2D eigenvalue weighted by molar-refractivity contribution is -0.137. The van der Waals surface area contributed by atoms with Crippen molar-refractivity contribution >= 4 is 16.0 Å². The number of carbonyl (C=O) groups is 1. The van der Waals surface area contributed by atoms with Gasteiger partial charge in [-0.1, -0.05) is 6.92 Å². The Labute approximate surface area is 118 Å². The van der Waals surface area contributed by atoms with Crippen LogP contribution in [0, 0.1) is 24.2 Å². The van der Waals surface area contributed by atoms with Crippen LogP contribution >= 0.6 is 0 Å². The molecular weight excluding hydrogens is 280 g/mol. The highest BCUT2D eigenvalue weighted by atomic mass is 32.2. The molecule has 1 rings (SSSR count). The van der Waals surface area contributed by atoms with Crippen molar-refractivity contribution in [2.75, 3.05) is 6.54 Å². The molecule has 6 nitrogen and oxygen atoms in total. The first-order chi connectivity index (χ1) is 9.26. The zero-order chi connectivity index (χ0) is 15.3. The van der Waals surface area contributed by atoms with Crippen LogP contribution in [0.25, 0.3) is 0 Å². The highest BCUT2D eigenvalue weighted by Gasteiger charge is 2.18. The minimum absolute atomic E-state index is 0.0497. The van der Waals surface area contributed by atoms with Crippen molar-refractivity contribution in [2.45, 2.75) is 25.2 Å². The summed E-state index contributed by atoms with van der Waals surface area (Å²) in [6.45, 7) is 3.31. The molecule has 1 aromatic rings. The van der Waals surface area contributed by atoms with Crippen LogP contribution in [-0.2, 0) is 14.8 Å². The van der Waals surface area contributed by atoms with Crippen LogP contribution in [0.4, 0.5) is 0 Å². The number of carboxylic acid groups (broad SMARTS) is 1. The standard InChI is InChI=1S/C13H16N2O4S/c1-9(5-13(16)17)8-15-20(18,19)12-4-3-11(7-14)6-10(12)2/h3-4,6,9,15H,5,8H2,1-2H3,(H,16,17). The minimum atomic E-state index is -3.70. The summed E-state index contributed by atoms with van der Waals surface area (Å²) in [5.41, 5.74) is 0.864. The van der Waals surface area contributed by atoms with Gasteiger partial charge in [-0.05, 0) is 36.6 Å². The Morgan fingerprint density at radius 3 is 2.65 bits per heavy atom. The van der Waals surface area contributed by atoms with Crippen molar-refractivity contribution in [3.8, 4) is 6.07 Å². The molecule has 2 N–H and O–H groups in total. The van der Waals surface area contributed by atoms with Crippen molar-refractivity contribution in [2.24, 2.45) is 5.92 Å². The molecule has 0 aliphatic rings. The van der Waals surface area contributed by atoms with E-state index in [4.69, 9.17) is 10.4 Å². The fourth-order valence-electron chi connectivity index (χ4n) is 1.72. The molecule has 1 atom stereocenters. The molecular formula is C13H16N2O4S. The van der Waals surface area contributed by atoms with Gasteiger partial charge in [0.1, 0.15) is 0 Å². The fourth-order valence-corrected chi connectivity index (χ4v) is 3.11. The van der Waals surface area contributed by atoms with Gasteiger partial charge in [0.25, 0.3) is 0 Å². The molecule has 108 valence electrons. The van der Waals surface area contributed by atoms with Crippen LogP contribution in [0.2, 0.25) is 0 Å². The van der Waals surface area contributed by atoms with Gasteiger partial charge in [-0.2, -0.15) is 5.26 Å². The number of nitrogens with zero attached hydrogens (tertiary/aromatic N) is 1. The second-order valence-electron chi connectivity index (χ2n) is 4.65. The van der Waals surface area contributed by atoms with Crippen molar-refractivity contribution in [1.29, 1.82) is 5.26 Å². The molecule has 0 aromatic heterocycles. The molecule has 0 amide bonds. The Kier molecular flexibility index (Phi) is 5.25. The monoisotopic (exact) mass is 296 g/mol. The first-order valence-electron chi connectivity index (χ1n) is 5.98. The molecule has 0 aliphatic carbocycles. The largest absolute Gasteiger partial charge is 0.481 e. The molecule has 0 saturated heterocycles. The van der Waals surface area contributed by atoms with Crippen LogP contribution in [0.15, 0.2) is 23.1 Å². The number of nitriles is 1. The van der Waals surface area contributed by atoms with Crippen LogP contribution in [-0.4, -0.2) is 26.0 Å². The highest BCUT2D eigenvalue weighted by molar-refractivity contribution is 7.89. The van der Waals surface area contributed by atoms with Gasteiger partial charge in [-0.25, -0.2) is 13.1 Å². The Morgan fingerprint density at radius 2 is 2.15 bits per heavy atom. The van der Waals surface area contributed by atoms with Gasteiger partial charge in [0.15, 0.2) is 0 Å². The molecule has 1 unspecified atom stereocenters. The third-order valence-electron chi connectivity index (χ3n) is 2.74. The maximum absolute atomic E-state index is 12.1. The molecule has 0 heterocycles. The summed E-state index contributed by atoms with van der Waals surface area (Å²) in [5.74, 6) is -1.27. The summed E-state index contributed by atoms with van der Waals surface area (Å²) in [4.78, 5) is 10.6. The van der Waals surface area contributed by atoms with E-state index in [2.05, 4.69) is 4.72 Å². The molecule has 0 spiro atoms. The number of sulfonamides is 1. The number of aliphatic carboxylic acids is 1. The number of rotatable bonds is 6. The maximum Gasteiger partial charge on any atom is 0.303 e. The quantitative estimate of drug-likeness (QED) is 0.821. The minimum Gasteiger partial charge on any atom is -0.481 e. The maximum atomic E-state index is 12.1. The first-order valence-corrected chi connectivity index (χ1v) is 7.47. The molecule has 0 fully saturated rings. The zero-order valence-corrected chi connectivity index (χ0v) is 12.1. The summed E-state index contributed by atoms with van der Waals surface area (Å²) >= 11 is 0. The second kappa shape index (κ2) is 6.50. The van der Waals surface area contributed by atoms with E-state index >= 15 is 0 Å². The van der Waals surface area contributed by atoms with Gasteiger partial charge in [-0.3, -0.25) is 4.79 Å². The molecule has 7 heteroatoms. The van der Waals surface area contributed by atoms with Crippen molar-refractivity contribution in [3.05, 3.63) is 29.3 Å². The van der Waals surface area contributed by atoms with E-state index in [0.717, 1.165) is 0 Å². The van der Waals surface area contributed by atoms with Crippen molar-refractivity contribution in [1.82, 2.24) is 4.72 Å². The number of benzene rings is 1. The van der Waals surface area contributed by atoms with Gasteiger partial charge in [0.05, 0.1) is 16.5 Å². The predicted molar refractivity (Wildman–Crippen MR) is 72.5 cm³/mol. The van der Waals surface area contributed by atoms with Crippen LogP contribution in [0.5, 0.6) is 0 Å². The molecule has 0 bridgehead atoms. The van der Waals surface area contributed by atoms with E-state index in [1.54, 1.807) is 13.8 Å². The number of aryl methyl sites for hydroxylation is 1. The number of carboxylic acids is 1. The van der Waals surface area contributed by atoms with Gasteiger partial charge in [0.2, 0.25) is 10.0 Å². The molecule has 20 heavy (non-hydrogen) atoms. The van der Waals surface area contributed by atoms with Crippen molar-refractivity contribution < 1.29 is 18.3 Å². The molecule has 0 radical (unpaired) electrons. The fraction of sp³-hybridized carbons (Fsp3) is 0.385. The van der Waals surface area contributed by atoms with Crippen molar-refractivity contribution in [3.63, 3.8) is 0 Å². The lowest BCUT2D eigenvalue weighted by Crippen LogP contribution is -2.29. The normalized spacial score (nSPS) is 12.7. The Balaban J connectivity index is 2.85. The van der Waals surface area contributed by atoms with E-state index < -0.39 is 16.0 Å². The molecule has 0 aliphatic heterocycles. The van der Waals surface area contributed by atoms with Gasteiger partial charge >= 0.3 is 5.97 Å². The molecule has 0 saturated carbocycles. The van der Waals surface area contributed by atoms with Gasteiger partial charge in [-0.15, -0.1) is 0 Å². The predicted octanol–water partition coefficient (Wildman–Crippen LogP) is 1.26. The van der Waals surface area contributed by atoms with E-state index in [9.17, 15) is 13.2 Å². The molecule has 1 aromatic carbocycles. The Bertz CT molecular complexity index is 647. The lowest BCUT2D eigenvalue weighted by atomic mass is 10.1. The van der Waals surface area contributed by atoms with E-state index in [1.165, 1.54) is 18.2 Å². The van der Waals surface area contributed by atoms with Crippen LogP contribution < -0.4 is 4.72 Å². The SMILES string of the molecule is Cc1cc(C#N)ccc1S(=O)(=O)NCC(C)CC(=O)O. The highest BCUT2D eigenvalue weighted by Crippen LogP contribution is 2.16. The average molecular weight is 296 g/mol. The third kappa shape index (κ3) is 4.33. The summed E-state index contributed by atoms with van der Waals surface area (Å²) in [5, 5.41) is 17.4. The summed E-state index contributed by atoms with van der Waals surface area (Å²) < 4.78 is 26.6. The number of nitrogens with one attached hydrogen (secondary N) is 1. The van der Waals surface area contributed by atoms with Gasteiger partial charge in [0, 0.05) is 13.0 Å². The average Bonchev–Trinajstić information content (AvgIpc) is 2.35. The summed E-state index contributed by atoms with van der Waals surface area (Å²) in [7, 11) is -3.70. The van der Waals surface area contributed by atoms with Gasteiger partial charge < -0.3 is 5.11 Å². The lowest BCUT2D eigenvalue weighted by Gasteiger charge is -2.12. The Hall–Kier alpha value is -1.91. The van der Waals surface area contributed by atoms with E-state index in [-0.39, 0.29) is 23.8 Å². The summed E-state index contributed by atoms with van der Waals surface area (Å²) in [6.07, 6.45) is -0.102. The second-order valence-corrected chi connectivity index (χ2v) is 6.38. The number of hydrogen-bond acceptors (Lipinski definition) is 4. The smallest absolute Gasteiger partial charge is 0.303 e. The zero-order valence-electron chi connectivity index (χ0n) is 11.3. The van der Waals surface area contributed by atoms with E-state index in [0.29, 0.717) is 11.1 Å². The number of hydrogen-bond donors (Lipinski definition) is 2.